The molecule has 0 aliphatic heterocycles. The van der Waals surface area contributed by atoms with E-state index in [9.17, 15) is 0 Å². The van der Waals surface area contributed by atoms with Crippen LogP contribution in [0.1, 0.15) is 14.9 Å². The molecule has 0 fully saturated rings. The third kappa shape index (κ3) is 9960. The first kappa shape index (κ1) is 28.5. The van der Waals surface area contributed by atoms with Crippen molar-refractivity contribution in [1.29, 1.82) is 0 Å². The van der Waals surface area contributed by atoms with E-state index in [0.29, 0.717) is 0 Å². The Morgan fingerprint density at radius 2 is 0.857 bits per heavy atom. The average molecular weight is 112 g/mol. The van der Waals surface area contributed by atoms with Crippen molar-refractivity contribution < 1.29 is 20.5 Å². The van der Waals surface area contributed by atoms with Gasteiger partial charge in [-0.25, -0.2) is 0 Å². The Morgan fingerprint density at radius 3 is 0.857 bits per heavy atom. The number of hydrogen-bond donors (Lipinski definition) is 3. The van der Waals surface area contributed by atoms with E-state index in [1.54, 1.807) is 0 Å². The molecule has 0 aromatic heterocycles. The summed E-state index contributed by atoms with van der Waals surface area (Å²) >= 11 is 0. The van der Waals surface area contributed by atoms with Gasteiger partial charge in [0.25, 0.3) is 0 Å². The van der Waals surface area contributed by atoms with Crippen LogP contribution in [0.15, 0.2) is 0 Å². The molecule has 5 heteroatoms. The highest BCUT2D eigenvalue weighted by molar-refractivity contribution is 6.30. The first-order valence-corrected chi connectivity index (χ1v) is 0.775. The summed E-state index contributed by atoms with van der Waals surface area (Å²) in [6.07, 6.45) is 0. The Morgan fingerprint density at radius 1 is 0.857 bits per heavy atom. The summed E-state index contributed by atoms with van der Waals surface area (Å²) < 4.78 is 0. The van der Waals surface area contributed by atoms with Crippen molar-refractivity contribution in [2.24, 2.45) is 0 Å². The average Bonchev–Trinajstić information content (AvgIpc) is 0.811. The fraction of sp³-hybridized carbons (Fsp3) is 1.00. The fourth-order valence-corrected chi connectivity index (χ4v) is 0. The van der Waals surface area contributed by atoms with Crippen molar-refractivity contribution in [3.05, 3.63) is 0 Å². The topological polar surface area (TPSA) is 92.2 Å². The minimum absolute atomic E-state index is 0. The zero-order valence-electron chi connectivity index (χ0n) is 2.42. The Labute approximate surface area is 43.9 Å². The van der Waals surface area contributed by atoms with Gasteiger partial charge < -0.3 is 20.5 Å². The van der Waals surface area contributed by atoms with Gasteiger partial charge in [-0.15, -0.1) is 0 Å². The quantitative estimate of drug-likeness (QED) is 0.329. The molecular formula is C2H13BO4. The second-order valence-corrected chi connectivity index (χ2v) is 0.346. The van der Waals surface area contributed by atoms with Crippen molar-refractivity contribution in [2.75, 3.05) is 0 Å². The SMILES string of the molecule is C.C.O.OB(O)O. The molecule has 0 atom stereocenters. The molecule has 0 aromatic carbocycles. The molecule has 0 saturated heterocycles. The normalized spacial score (nSPS) is 3.86. The largest absolute Gasteiger partial charge is 0.631 e. The summed E-state index contributed by atoms with van der Waals surface area (Å²) in [6.45, 7) is 0. The van der Waals surface area contributed by atoms with Crippen LogP contribution in [0.3, 0.4) is 0 Å². The molecule has 0 unspecified atom stereocenters. The molecule has 0 saturated carbocycles. The summed E-state index contributed by atoms with van der Waals surface area (Å²) in [5.74, 6) is 0. The smallest absolute Gasteiger partial charge is 0.412 e. The summed E-state index contributed by atoms with van der Waals surface area (Å²) in [5.41, 5.74) is 0. The molecule has 0 bridgehead atoms. The van der Waals surface area contributed by atoms with Gasteiger partial charge in [-0.1, -0.05) is 14.9 Å². The molecule has 0 rings (SSSR count). The van der Waals surface area contributed by atoms with Gasteiger partial charge in [0.1, 0.15) is 0 Å². The van der Waals surface area contributed by atoms with Crippen LogP contribution < -0.4 is 0 Å². The fourth-order valence-electron chi connectivity index (χ4n) is 0. The lowest BCUT2D eigenvalue weighted by atomic mass is 10.3. The van der Waals surface area contributed by atoms with E-state index in [4.69, 9.17) is 15.1 Å². The summed E-state index contributed by atoms with van der Waals surface area (Å²) in [7, 11) is -2.17. The van der Waals surface area contributed by atoms with Gasteiger partial charge >= 0.3 is 7.32 Å². The molecule has 5 N–H and O–H groups in total. The molecule has 0 amide bonds. The standard InChI is InChI=1S/2CH4.BH3O3.H2O/c;;2-1(3)4;/h2*1H4;2-4H;1H2. The van der Waals surface area contributed by atoms with Crippen molar-refractivity contribution in [1.82, 2.24) is 0 Å². The molecule has 48 valence electrons. The van der Waals surface area contributed by atoms with Crippen molar-refractivity contribution >= 4 is 7.32 Å². The monoisotopic (exact) mass is 112 g/mol. The summed E-state index contributed by atoms with van der Waals surface area (Å²) in [4.78, 5) is 0. The third-order valence-electron chi connectivity index (χ3n) is 0. The van der Waals surface area contributed by atoms with Crippen LogP contribution in [0, 0.1) is 0 Å². The Bertz CT molecular complexity index is 14.4. The predicted octanol–water partition coefficient (Wildman–Crippen LogP) is -1.60. The van der Waals surface area contributed by atoms with E-state index in [1.807, 2.05) is 0 Å². The van der Waals surface area contributed by atoms with Gasteiger partial charge in [0.05, 0.1) is 0 Å². The molecular weight excluding hydrogens is 98.8 g/mol. The van der Waals surface area contributed by atoms with Crippen molar-refractivity contribution in [2.45, 2.75) is 14.9 Å². The van der Waals surface area contributed by atoms with E-state index in [1.165, 1.54) is 0 Å². The maximum absolute atomic E-state index is 7.17. The van der Waals surface area contributed by atoms with E-state index in [0.717, 1.165) is 0 Å². The first-order chi connectivity index (χ1) is 1.73. The first-order valence-electron chi connectivity index (χ1n) is 0.775. The van der Waals surface area contributed by atoms with Crippen LogP contribution in [-0.4, -0.2) is 27.9 Å². The van der Waals surface area contributed by atoms with Crippen LogP contribution >= 0.6 is 0 Å². The molecule has 4 nitrogen and oxygen atoms in total. The zero-order valence-corrected chi connectivity index (χ0v) is 2.42. The van der Waals surface area contributed by atoms with E-state index in [-0.39, 0.29) is 20.3 Å². The Hall–Kier alpha value is -0.0951. The third-order valence-corrected chi connectivity index (χ3v) is 0. The highest BCUT2D eigenvalue weighted by Crippen LogP contribution is 1.40. The molecule has 0 aliphatic rings. The van der Waals surface area contributed by atoms with Crippen LogP contribution in [0.25, 0.3) is 0 Å². The van der Waals surface area contributed by atoms with Crippen molar-refractivity contribution in [3.63, 3.8) is 0 Å². The highest BCUT2D eigenvalue weighted by Gasteiger charge is 1.92. The van der Waals surface area contributed by atoms with Crippen LogP contribution in [0.2, 0.25) is 0 Å². The van der Waals surface area contributed by atoms with E-state index < -0.39 is 7.32 Å². The Kier molecular flexibility index (Phi) is 68.6. The highest BCUT2D eigenvalue weighted by atomic mass is 16.5. The molecule has 0 aliphatic carbocycles. The maximum Gasteiger partial charge on any atom is 0.631 e. The molecule has 0 aromatic rings. The van der Waals surface area contributed by atoms with Gasteiger partial charge in [0, 0.05) is 0 Å². The lowest BCUT2D eigenvalue weighted by molar-refractivity contribution is 0.278. The number of rotatable bonds is 0. The lowest BCUT2D eigenvalue weighted by Gasteiger charge is -1.69. The lowest BCUT2D eigenvalue weighted by Crippen LogP contribution is -2.07. The number of hydrogen-bond acceptors (Lipinski definition) is 3. The zero-order chi connectivity index (χ0) is 3.58. The van der Waals surface area contributed by atoms with Gasteiger partial charge in [-0.05, 0) is 0 Å². The minimum Gasteiger partial charge on any atom is -0.412 e. The van der Waals surface area contributed by atoms with Crippen LogP contribution in [0.5, 0.6) is 0 Å². The molecule has 7 heavy (non-hydrogen) atoms. The Balaban J connectivity index is -0.0000000150. The van der Waals surface area contributed by atoms with Crippen LogP contribution in [-0.2, 0) is 0 Å². The van der Waals surface area contributed by atoms with Crippen molar-refractivity contribution in [3.8, 4) is 0 Å². The van der Waals surface area contributed by atoms with E-state index in [2.05, 4.69) is 0 Å². The van der Waals surface area contributed by atoms with Gasteiger partial charge in [0.15, 0.2) is 0 Å². The minimum atomic E-state index is -2.17. The van der Waals surface area contributed by atoms with Gasteiger partial charge in [-0.3, -0.25) is 0 Å². The van der Waals surface area contributed by atoms with E-state index >= 15 is 0 Å². The van der Waals surface area contributed by atoms with Gasteiger partial charge in [0.2, 0.25) is 0 Å². The molecule has 0 spiro atoms. The van der Waals surface area contributed by atoms with Crippen LogP contribution in [0.4, 0.5) is 0 Å². The molecule has 0 heterocycles. The molecule has 0 radical (unpaired) electrons. The second-order valence-electron chi connectivity index (χ2n) is 0.346. The summed E-state index contributed by atoms with van der Waals surface area (Å²) in [6, 6.07) is 0. The predicted molar refractivity (Wildman–Crippen MR) is 29.5 cm³/mol. The maximum atomic E-state index is 7.17. The summed E-state index contributed by atoms with van der Waals surface area (Å²) in [5, 5.41) is 21.5. The second kappa shape index (κ2) is 16.8. The van der Waals surface area contributed by atoms with Gasteiger partial charge in [-0.2, -0.15) is 0 Å².